The van der Waals surface area contributed by atoms with E-state index in [1.807, 2.05) is 13.0 Å². The van der Waals surface area contributed by atoms with Crippen molar-refractivity contribution in [2.24, 2.45) is 0 Å². The summed E-state index contributed by atoms with van der Waals surface area (Å²) in [5.41, 5.74) is 3.73. The quantitative estimate of drug-likeness (QED) is 0.693. The minimum absolute atomic E-state index is 0.0297. The number of nitrogens with zero attached hydrogens (tertiary/aromatic N) is 1. The highest BCUT2D eigenvalue weighted by molar-refractivity contribution is 7.89. The van der Waals surface area contributed by atoms with Gasteiger partial charge in [-0.25, -0.2) is 8.42 Å². The van der Waals surface area contributed by atoms with E-state index < -0.39 is 10.0 Å². The van der Waals surface area contributed by atoms with E-state index in [4.69, 9.17) is 9.47 Å². The molecule has 2 aromatic carbocycles. The first kappa shape index (κ1) is 22.1. The smallest absolute Gasteiger partial charge is 0.243 e. The first-order chi connectivity index (χ1) is 14.3. The number of rotatable bonds is 8. The lowest BCUT2D eigenvalue weighted by Crippen LogP contribution is -2.39. The predicted octanol–water partition coefficient (Wildman–Crippen LogP) is 2.69. The molecule has 8 heteroatoms. The van der Waals surface area contributed by atoms with Crippen LogP contribution in [-0.2, 0) is 27.7 Å². The molecule has 1 aliphatic carbocycles. The molecular weight excluding hydrogens is 404 g/mol. The molecule has 0 saturated carbocycles. The van der Waals surface area contributed by atoms with Gasteiger partial charge >= 0.3 is 0 Å². The van der Waals surface area contributed by atoms with Crippen LogP contribution in [-0.4, -0.2) is 46.4 Å². The third kappa shape index (κ3) is 4.60. The molecule has 0 spiro atoms. The SMILES string of the molecule is COc1ccc(S(=O)(=O)N(C)CC(=O)NC(C)c2ccc3c(c2)CCC3)cc1OC. The van der Waals surface area contributed by atoms with Crippen LogP contribution >= 0.6 is 0 Å². The average Bonchev–Trinajstić information content (AvgIpc) is 3.20. The Morgan fingerprint density at radius 3 is 2.47 bits per heavy atom. The van der Waals surface area contributed by atoms with E-state index in [2.05, 4.69) is 17.4 Å². The number of methoxy groups -OCH3 is 2. The topological polar surface area (TPSA) is 84.9 Å². The molecule has 30 heavy (non-hydrogen) atoms. The van der Waals surface area contributed by atoms with Crippen molar-refractivity contribution >= 4 is 15.9 Å². The Labute approximate surface area is 178 Å². The molecule has 7 nitrogen and oxygen atoms in total. The highest BCUT2D eigenvalue weighted by atomic mass is 32.2. The molecule has 0 radical (unpaired) electrons. The van der Waals surface area contributed by atoms with Gasteiger partial charge in [-0.3, -0.25) is 4.79 Å². The molecule has 0 aliphatic heterocycles. The Morgan fingerprint density at radius 2 is 1.77 bits per heavy atom. The van der Waals surface area contributed by atoms with Crippen molar-refractivity contribution in [1.29, 1.82) is 0 Å². The van der Waals surface area contributed by atoms with Gasteiger partial charge in [-0.1, -0.05) is 18.2 Å². The van der Waals surface area contributed by atoms with Crippen LogP contribution < -0.4 is 14.8 Å². The highest BCUT2D eigenvalue weighted by Gasteiger charge is 2.25. The van der Waals surface area contributed by atoms with Crippen LogP contribution in [0.2, 0.25) is 0 Å². The molecule has 162 valence electrons. The second-order valence-corrected chi connectivity index (χ2v) is 9.49. The first-order valence-electron chi connectivity index (χ1n) is 9.85. The van der Waals surface area contributed by atoms with Crippen molar-refractivity contribution in [3.8, 4) is 11.5 Å². The minimum atomic E-state index is -3.86. The van der Waals surface area contributed by atoms with Crippen LogP contribution in [0, 0.1) is 0 Å². The summed E-state index contributed by atoms with van der Waals surface area (Å²) in [5, 5.41) is 2.89. The van der Waals surface area contributed by atoms with Gasteiger partial charge < -0.3 is 14.8 Å². The summed E-state index contributed by atoms with van der Waals surface area (Å²) in [6, 6.07) is 10.4. The summed E-state index contributed by atoms with van der Waals surface area (Å²) in [5.74, 6) is 0.372. The molecular formula is C22H28N2O5S. The van der Waals surface area contributed by atoms with Crippen molar-refractivity contribution in [3.05, 3.63) is 53.1 Å². The Kier molecular flexibility index (Phi) is 6.67. The number of hydrogen-bond donors (Lipinski definition) is 1. The van der Waals surface area contributed by atoms with Crippen molar-refractivity contribution in [2.75, 3.05) is 27.8 Å². The third-order valence-corrected chi connectivity index (χ3v) is 7.23. The number of benzene rings is 2. The zero-order valence-corrected chi connectivity index (χ0v) is 18.6. The largest absolute Gasteiger partial charge is 0.493 e. The van der Waals surface area contributed by atoms with Gasteiger partial charge in [-0.05, 0) is 55.0 Å². The van der Waals surface area contributed by atoms with E-state index in [0.29, 0.717) is 11.5 Å². The number of carbonyl (C=O) groups excluding carboxylic acids is 1. The number of aryl methyl sites for hydroxylation is 2. The zero-order chi connectivity index (χ0) is 21.9. The molecule has 0 aromatic heterocycles. The molecule has 1 N–H and O–H groups in total. The van der Waals surface area contributed by atoms with Crippen LogP contribution in [0.3, 0.4) is 0 Å². The lowest BCUT2D eigenvalue weighted by atomic mass is 10.0. The van der Waals surface area contributed by atoms with Gasteiger partial charge in [-0.15, -0.1) is 0 Å². The number of sulfonamides is 1. The summed E-state index contributed by atoms with van der Waals surface area (Å²) < 4.78 is 37.1. The fourth-order valence-corrected chi connectivity index (χ4v) is 4.82. The van der Waals surface area contributed by atoms with E-state index in [1.165, 1.54) is 57.0 Å². The third-order valence-electron chi connectivity index (χ3n) is 5.43. The molecule has 2 aromatic rings. The van der Waals surface area contributed by atoms with Crippen LogP contribution in [0.5, 0.6) is 11.5 Å². The molecule has 1 amide bonds. The summed E-state index contributed by atoms with van der Waals surface area (Å²) in [7, 11) is 0.431. The molecule has 0 saturated heterocycles. The monoisotopic (exact) mass is 432 g/mol. The molecule has 1 aliphatic rings. The van der Waals surface area contributed by atoms with Crippen LogP contribution in [0.15, 0.2) is 41.3 Å². The number of ether oxygens (including phenoxy) is 2. The Hall–Kier alpha value is -2.58. The van der Waals surface area contributed by atoms with E-state index in [0.717, 1.165) is 22.7 Å². The van der Waals surface area contributed by atoms with Gasteiger partial charge in [0.25, 0.3) is 0 Å². The fourth-order valence-electron chi connectivity index (χ4n) is 3.68. The second-order valence-electron chi connectivity index (χ2n) is 7.45. The van der Waals surface area contributed by atoms with Crippen LogP contribution in [0.4, 0.5) is 0 Å². The maximum atomic E-state index is 12.9. The van der Waals surface area contributed by atoms with E-state index >= 15 is 0 Å². The molecule has 0 heterocycles. The molecule has 0 bridgehead atoms. The fraction of sp³-hybridized carbons (Fsp3) is 0.409. The maximum Gasteiger partial charge on any atom is 0.243 e. The Bertz CT molecular complexity index is 1040. The Balaban J connectivity index is 1.67. The normalized spacial score (nSPS) is 14.3. The van der Waals surface area contributed by atoms with Gasteiger partial charge in [0.1, 0.15) is 0 Å². The number of likely N-dealkylation sites (N-methyl/N-ethyl adjacent to an activating group) is 1. The maximum absolute atomic E-state index is 12.9. The van der Waals surface area contributed by atoms with E-state index in [1.54, 1.807) is 0 Å². The number of amides is 1. The van der Waals surface area contributed by atoms with Gasteiger partial charge in [-0.2, -0.15) is 4.31 Å². The van der Waals surface area contributed by atoms with Gasteiger partial charge in [0, 0.05) is 13.1 Å². The first-order valence-corrected chi connectivity index (χ1v) is 11.3. The summed E-state index contributed by atoms with van der Waals surface area (Å²) >= 11 is 0. The number of hydrogen-bond acceptors (Lipinski definition) is 5. The van der Waals surface area contributed by atoms with E-state index in [9.17, 15) is 13.2 Å². The highest BCUT2D eigenvalue weighted by Crippen LogP contribution is 2.30. The predicted molar refractivity (Wildman–Crippen MR) is 114 cm³/mol. The second kappa shape index (κ2) is 9.06. The average molecular weight is 433 g/mol. The summed E-state index contributed by atoms with van der Waals surface area (Å²) in [4.78, 5) is 12.5. The van der Waals surface area contributed by atoms with Gasteiger partial charge in [0.15, 0.2) is 11.5 Å². The van der Waals surface area contributed by atoms with Crippen molar-refractivity contribution in [1.82, 2.24) is 9.62 Å². The zero-order valence-electron chi connectivity index (χ0n) is 17.8. The van der Waals surface area contributed by atoms with Gasteiger partial charge in [0.05, 0.1) is 31.7 Å². The molecule has 0 fully saturated rings. The van der Waals surface area contributed by atoms with Crippen molar-refractivity contribution in [2.45, 2.75) is 37.1 Å². The summed E-state index contributed by atoms with van der Waals surface area (Å²) in [6.07, 6.45) is 3.34. The molecule has 1 atom stereocenters. The molecule has 1 unspecified atom stereocenters. The van der Waals surface area contributed by atoms with Gasteiger partial charge in [0.2, 0.25) is 15.9 Å². The number of fused-ring (bicyclic) bond motifs is 1. The lowest BCUT2D eigenvalue weighted by Gasteiger charge is -2.20. The number of carbonyl (C=O) groups is 1. The molecule has 3 rings (SSSR count). The van der Waals surface area contributed by atoms with Crippen molar-refractivity contribution in [3.63, 3.8) is 0 Å². The van der Waals surface area contributed by atoms with Crippen LogP contribution in [0.1, 0.15) is 36.1 Å². The number of nitrogens with one attached hydrogen (secondary N) is 1. The van der Waals surface area contributed by atoms with Crippen LogP contribution in [0.25, 0.3) is 0 Å². The summed E-state index contributed by atoms with van der Waals surface area (Å²) in [6.45, 7) is 1.61. The van der Waals surface area contributed by atoms with E-state index in [-0.39, 0.29) is 23.4 Å². The Morgan fingerprint density at radius 1 is 1.07 bits per heavy atom. The minimum Gasteiger partial charge on any atom is -0.493 e. The lowest BCUT2D eigenvalue weighted by molar-refractivity contribution is -0.121. The van der Waals surface area contributed by atoms with Crippen molar-refractivity contribution < 1.29 is 22.7 Å². The standard InChI is InChI=1S/C22H28N2O5S/c1-15(17-9-8-16-6-5-7-18(16)12-17)23-22(25)14-24(2)30(26,27)19-10-11-20(28-3)21(13-19)29-4/h8-13,15H,5-7,14H2,1-4H3,(H,23,25).